The largest absolute Gasteiger partial charge is 0.478 e. The zero-order valence-corrected chi connectivity index (χ0v) is 14.1. The summed E-state index contributed by atoms with van der Waals surface area (Å²) in [4.78, 5) is 36.1. The number of para-hydroxylation sites is 2. The predicted octanol–water partition coefficient (Wildman–Crippen LogP) is 3.00. The van der Waals surface area contributed by atoms with Crippen LogP contribution in [0, 0.1) is 10.1 Å². The van der Waals surface area contributed by atoms with Gasteiger partial charge in [0.25, 0.3) is 5.69 Å². The molecule has 0 fully saturated rings. The van der Waals surface area contributed by atoms with Crippen LogP contribution >= 0.6 is 0 Å². The standard InChI is InChI=1S/C17H18N2O6/c1-4-25-17(22)13-9-12(16(20)21)10(2)18(11(13)3)14-7-5-6-8-15(14)19(23)24/h5-8H,4,9H2,1-3H3,(H,20,21). The van der Waals surface area contributed by atoms with Gasteiger partial charge < -0.3 is 14.7 Å². The van der Waals surface area contributed by atoms with Gasteiger partial charge in [-0.25, -0.2) is 9.59 Å². The molecule has 1 heterocycles. The molecule has 0 saturated heterocycles. The van der Waals surface area contributed by atoms with Crippen LogP contribution in [0.25, 0.3) is 0 Å². The van der Waals surface area contributed by atoms with Crippen LogP contribution in [0.4, 0.5) is 11.4 Å². The number of aliphatic carboxylic acids is 1. The summed E-state index contributed by atoms with van der Waals surface area (Å²) in [6.45, 7) is 4.97. The molecule has 0 aromatic heterocycles. The molecule has 0 bridgehead atoms. The lowest BCUT2D eigenvalue weighted by molar-refractivity contribution is -0.384. The summed E-state index contributed by atoms with van der Waals surface area (Å²) in [6.07, 6.45) is -0.0943. The molecule has 0 saturated carbocycles. The third kappa shape index (κ3) is 3.37. The van der Waals surface area contributed by atoms with E-state index in [4.69, 9.17) is 4.74 Å². The molecular weight excluding hydrogens is 328 g/mol. The van der Waals surface area contributed by atoms with Gasteiger partial charge in [0.05, 0.1) is 22.7 Å². The zero-order valence-electron chi connectivity index (χ0n) is 14.1. The van der Waals surface area contributed by atoms with Crippen LogP contribution in [0.3, 0.4) is 0 Å². The highest BCUT2D eigenvalue weighted by atomic mass is 16.6. The Morgan fingerprint density at radius 2 is 1.84 bits per heavy atom. The normalized spacial score (nSPS) is 14.6. The Morgan fingerprint density at radius 1 is 1.24 bits per heavy atom. The first-order valence-electron chi connectivity index (χ1n) is 7.63. The number of ether oxygens (including phenoxy) is 1. The Hall–Kier alpha value is -3.16. The van der Waals surface area contributed by atoms with E-state index in [0.717, 1.165) is 0 Å². The van der Waals surface area contributed by atoms with E-state index in [1.165, 1.54) is 23.1 Å². The number of carbonyl (C=O) groups is 2. The van der Waals surface area contributed by atoms with Crippen LogP contribution in [0.15, 0.2) is 46.8 Å². The van der Waals surface area contributed by atoms with Gasteiger partial charge in [-0.05, 0) is 26.8 Å². The summed E-state index contributed by atoms with van der Waals surface area (Å²) >= 11 is 0. The SMILES string of the molecule is CCOC(=O)C1=C(C)N(c2ccccc2[N+](=O)[O-])C(C)=C(C(=O)O)C1. The minimum absolute atomic E-state index is 0.00759. The zero-order chi connectivity index (χ0) is 18.7. The van der Waals surface area contributed by atoms with Crippen molar-refractivity contribution in [2.24, 2.45) is 0 Å². The van der Waals surface area contributed by atoms with Crippen LogP contribution in [0.5, 0.6) is 0 Å². The van der Waals surface area contributed by atoms with Crippen molar-refractivity contribution in [3.05, 3.63) is 56.9 Å². The van der Waals surface area contributed by atoms with E-state index in [0.29, 0.717) is 11.4 Å². The van der Waals surface area contributed by atoms with Crippen LogP contribution in [-0.4, -0.2) is 28.6 Å². The molecule has 2 rings (SSSR count). The minimum Gasteiger partial charge on any atom is -0.478 e. The highest BCUT2D eigenvalue weighted by Crippen LogP contribution is 2.39. The summed E-state index contributed by atoms with van der Waals surface area (Å²) in [6, 6.07) is 5.98. The topological polar surface area (TPSA) is 110 Å². The molecule has 1 aliphatic rings. The molecule has 0 amide bonds. The van der Waals surface area contributed by atoms with Gasteiger partial charge in [0, 0.05) is 23.9 Å². The molecule has 8 heteroatoms. The molecule has 0 unspecified atom stereocenters. The van der Waals surface area contributed by atoms with Crippen molar-refractivity contribution < 1.29 is 24.4 Å². The van der Waals surface area contributed by atoms with Crippen molar-refractivity contribution in [3.63, 3.8) is 0 Å². The van der Waals surface area contributed by atoms with Crippen molar-refractivity contribution in [1.82, 2.24) is 0 Å². The first kappa shape index (κ1) is 18.2. The molecule has 0 spiro atoms. The molecule has 1 aromatic carbocycles. The molecule has 8 nitrogen and oxygen atoms in total. The van der Waals surface area contributed by atoms with Gasteiger partial charge in [-0.2, -0.15) is 0 Å². The monoisotopic (exact) mass is 346 g/mol. The van der Waals surface area contributed by atoms with Gasteiger partial charge in [0.1, 0.15) is 5.69 Å². The predicted molar refractivity (Wildman–Crippen MR) is 89.9 cm³/mol. The fourth-order valence-corrected chi connectivity index (χ4v) is 2.79. The average Bonchev–Trinajstić information content (AvgIpc) is 2.55. The number of hydrogen-bond acceptors (Lipinski definition) is 6. The quantitative estimate of drug-likeness (QED) is 0.496. The molecule has 0 atom stereocenters. The minimum atomic E-state index is -1.18. The number of carboxylic acid groups (broad SMARTS) is 1. The molecule has 0 aliphatic carbocycles. The van der Waals surface area contributed by atoms with Crippen LogP contribution < -0.4 is 4.90 Å². The molecular formula is C17H18N2O6. The van der Waals surface area contributed by atoms with Gasteiger partial charge in [0.15, 0.2) is 0 Å². The lowest BCUT2D eigenvalue weighted by Crippen LogP contribution is -2.30. The van der Waals surface area contributed by atoms with Crippen molar-refractivity contribution in [1.29, 1.82) is 0 Å². The third-order valence-electron chi connectivity index (χ3n) is 4.00. The van der Waals surface area contributed by atoms with E-state index in [-0.39, 0.29) is 35.5 Å². The number of benzene rings is 1. The Balaban J connectivity index is 2.70. The van der Waals surface area contributed by atoms with E-state index in [9.17, 15) is 24.8 Å². The number of nitro benzene ring substituents is 1. The Labute approximate surface area is 144 Å². The van der Waals surface area contributed by atoms with Gasteiger partial charge in [-0.1, -0.05) is 12.1 Å². The molecule has 0 radical (unpaired) electrons. The van der Waals surface area contributed by atoms with E-state index in [1.807, 2.05) is 0 Å². The van der Waals surface area contributed by atoms with E-state index in [1.54, 1.807) is 26.8 Å². The van der Waals surface area contributed by atoms with E-state index >= 15 is 0 Å². The second kappa shape index (κ2) is 7.16. The maximum atomic E-state index is 12.2. The summed E-state index contributed by atoms with van der Waals surface area (Å²) in [5.41, 5.74) is 0.913. The Morgan fingerprint density at radius 3 is 2.40 bits per heavy atom. The number of hydrogen-bond donors (Lipinski definition) is 1. The second-order valence-corrected chi connectivity index (χ2v) is 5.41. The number of esters is 1. The number of allylic oxidation sites excluding steroid dienone is 2. The number of nitro groups is 1. The fraction of sp³-hybridized carbons (Fsp3) is 0.294. The van der Waals surface area contributed by atoms with Crippen molar-refractivity contribution in [2.45, 2.75) is 27.2 Å². The van der Waals surface area contributed by atoms with Crippen LogP contribution in [-0.2, 0) is 14.3 Å². The summed E-state index contributed by atoms with van der Waals surface area (Å²) < 4.78 is 5.00. The first-order valence-corrected chi connectivity index (χ1v) is 7.63. The van der Waals surface area contributed by atoms with Crippen molar-refractivity contribution >= 4 is 23.3 Å². The lowest BCUT2D eigenvalue weighted by atomic mass is 9.95. The van der Waals surface area contributed by atoms with Crippen LogP contribution in [0.1, 0.15) is 27.2 Å². The number of nitrogens with zero attached hydrogens (tertiary/aromatic N) is 2. The van der Waals surface area contributed by atoms with E-state index < -0.39 is 16.9 Å². The van der Waals surface area contributed by atoms with E-state index in [2.05, 4.69) is 0 Å². The number of carboxylic acids is 1. The Bertz CT molecular complexity index is 809. The number of carbonyl (C=O) groups excluding carboxylic acids is 1. The summed E-state index contributed by atoms with van der Waals surface area (Å²) in [7, 11) is 0. The third-order valence-corrected chi connectivity index (χ3v) is 4.00. The van der Waals surface area contributed by atoms with Crippen molar-refractivity contribution in [3.8, 4) is 0 Å². The fourth-order valence-electron chi connectivity index (χ4n) is 2.79. The molecule has 1 N–H and O–H groups in total. The summed E-state index contributed by atoms with van der Waals surface area (Å²) in [5, 5.41) is 20.8. The summed E-state index contributed by atoms with van der Waals surface area (Å²) in [5.74, 6) is -1.81. The van der Waals surface area contributed by atoms with Crippen molar-refractivity contribution in [2.75, 3.05) is 11.5 Å². The van der Waals surface area contributed by atoms with Gasteiger partial charge >= 0.3 is 11.9 Å². The number of anilines is 1. The Kier molecular flexibility index (Phi) is 5.21. The maximum Gasteiger partial charge on any atom is 0.336 e. The molecule has 25 heavy (non-hydrogen) atoms. The maximum absolute atomic E-state index is 12.2. The smallest absolute Gasteiger partial charge is 0.336 e. The first-order chi connectivity index (χ1) is 11.8. The second-order valence-electron chi connectivity index (χ2n) is 5.41. The highest BCUT2D eigenvalue weighted by Gasteiger charge is 2.33. The van der Waals surface area contributed by atoms with Gasteiger partial charge in [0.2, 0.25) is 0 Å². The molecule has 1 aromatic rings. The van der Waals surface area contributed by atoms with Gasteiger partial charge in [-0.3, -0.25) is 10.1 Å². The number of rotatable bonds is 5. The molecule has 1 aliphatic heterocycles. The average molecular weight is 346 g/mol. The van der Waals surface area contributed by atoms with Crippen LogP contribution in [0.2, 0.25) is 0 Å². The van der Waals surface area contributed by atoms with Gasteiger partial charge in [-0.15, -0.1) is 0 Å². The molecule has 132 valence electrons. The lowest BCUT2D eigenvalue weighted by Gasteiger charge is -2.32. The highest BCUT2D eigenvalue weighted by molar-refractivity contribution is 5.98.